The van der Waals surface area contributed by atoms with Crippen LogP contribution in [0.25, 0.3) is 0 Å². The van der Waals surface area contributed by atoms with Gasteiger partial charge in [0.25, 0.3) is 0 Å². The van der Waals surface area contributed by atoms with Gasteiger partial charge >= 0.3 is 51.4 Å². The first-order valence-corrected chi connectivity index (χ1v) is 9.01. The minimum Gasteiger partial charge on any atom is -0.748 e. The molecule has 116 valence electrons. The first kappa shape index (κ1) is 23.8. The maximum atomic E-state index is 11.1. The van der Waals surface area contributed by atoms with Crippen molar-refractivity contribution in [2.24, 2.45) is 0 Å². The van der Waals surface area contributed by atoms with E-state index >= 15 is 0 Å². The van der Waals surface area contributed by atoms with Gasteiger partial charge in [0, 0.05) is 0 Å². The van der Waals surface area contributed by atoms with E-state index in [4.69, 9.17) is 0 Å². The topological polar surface area (TPSA) is 77.4 Å². The van der Waals surface area contributed by atoms with E-state index in [2.05, 4.69) is 6.92 Å². The molecule has 0 amide bonds. The Morgan fingerprint density at radius 1 is 0.950 bits per heavy atom. The summed E-state index contributed by atoms with van der Waals surface area (Å²) in [6.07, 6.45) is 7.48. The van der Waals surface area contributed by atoms with E-state index in [-0.39, 0.29) is 57.8 Å². The Hall–Kier alpha value is 1.51. The predicted octanol–water partition coefficient (Wildman–Crippen LogP) is 0.206. The van der Waals surface area contributed by atoms with Gasteiger partial charge in [-0.05, 0) is 19.3 Å². The molecule has 0 aromatic rings. The van der Waals surface area contributed by atoms with E-state index in [1.807, 2.05) is 6.92 Å². The number of hydrogen-bond acceptors (Lipinski definition) is 4. The third-order valence-electron chi connectivity index (χ3n) is 3.46. The van der Waals surface area contributed by atoms with Crippen molar-refractivity contribution in [2.75, 3.05) is 0 Å². The summed E-state index contributed by atoms with van der Waals surface area (Å²) in [5.41, 5.74) is 0. The minimum absolute atomic E-state index is 0. The summed E-state index contributed by atoms with van der Waals surface area (Å²) in [5, 5.41) is 8.92. The Morgan fingerprint density at radius 3 is 2.00 bits per heavy atom. The zero-order chi connectivity index (χ0) is 14.7. The van der Waals surface area contributed by atoms with Gasteiger partial charge in [0.2, 0.25) is 0 Å². The van der Waals surface area contributed by atoms with Gasteiger partial charge < -0.3 is 9.66 Å². The molecule has 0 heterocycles. The fourth-order valence-electron chi connectivity index (χ4n) is 2.22. The van der Waals surface area contributed by atoms with Crippen molar-refractivity contribution >= 4 is 10.1 Å². The molecule has 0 fully saturated rings. The van der Waals surface area contributed by atoms with Gasteiger partial charge in [-0.1, -0.05) is 58.8 Å². The van der Waals surface area contributed by atoms with Crippen molar-refractivity contribution in [2.45, 2.75) is 89.4 Å². The smallest absolute Gasteiger partial charge is 0.748 e. The number of hydrogen-bond donors (Lipinski definition) is 1. The quantitative estimate of drug-likeness (QED) is 0.315. The molecule has 6 heteroatoms. The van der Waals surface area contributed by atoms with Crippen molar-refractivity contribution in [1.29, 1.82) is 0 Å². The Labute approximate surface area is 167 Å². The standard InChI is InChI=1S/C14H30O4S.K/c1-3-5-7-8-9-10-13(15)12-14(11-6-4-2)19(16,17)18;/h13-15H,3-12H2,1-2H3,(H,16,17,18);/q;+1/p-1. The third kappa shape index (κ3) is 13.2. The molecule has 2 unspecified atom stereocenters. The monoisotopic (exact) mass is 332 g/mol. The van der Waals surface area contributed by atoms with Crippen LogP contribution < -0.4 is 51.4 Å². The summed E-state index contributed by atoms with van der Waals surface area (Å²) >= 11 is 0. The van der Waals surface area contributed by atoms with E-state index in [1.165, 1.54) is 12.8 Å². The number of aliphatic hydroxyl groups excluding tert-OH is 1. The normalized spacial score (nSPS) is 14.6. The molecule has 0 spiro atoms. The Bertz CT molecular complexity index is 306. The first-order chi connectivity index (χ1) is 8.91. The van der Waals surface area contributed by atoms with Gasteiger partial charge in [-0.2, -0.15) is 0 Å². The van der Waals surface area contributed by atoms with Crippen LogP contribution in [0.1, 0.15) is 78.1 Å². The molecule has 0 saturated heterocycles. The van der Waals surface area contributed by atoms with Gasteiger partial charge in [0.15, 0.2) is 0 Å². The third-order valence-corrected chi connectivity index (χ3v) is 4.71. The van der Waals surface area contributed by atoms with E-state index in [9.17, 15) is 18.1 Å². The molecule has 0 radical (unpaired) electrons. The molecular formula is C14H29KO4S. The van der Waals surface area contributed by atoms with Crippen molar-refractivity contribution < 1.29 is 69.5 Å². The Balaban J connectivity index is 0. The number of rotatable bonds is 12. The van der Waals surface area contributed by atoms with Gasteiger partial charge in [0.1, 0.15) is 0 Å². The van der Waals surface area contributed by atoms with Crippen LogP contribution >= 0.6 is 0 Å². The first-order valence-electron chi connectivity index (χ1n) is 7.54. The van der Waals surface area contributed by atoms with Crippen molar-refractivity contribution in [3.05, 3.63) is 0 Å². The SMILES string of the molecule is CCCCCCCC(O)CC(CCCC)S(=O)(=O)[O-].[K+]. The second-order valence-electron chi connectivity index (χ2n) is 5.35. The van der Waals surface area contributed by atoms with E-state index in [0.717, 1.165) is 32.1 Å². The summed E-state index contributed by atoms with van der Waals surface area (Å²) in [6, 6.07) is 0. The second kappa shape index (κ2) is 14.1. The van der Waals surface area contributed by atoms with Crippen LogP contribution in [-0.4, -0.2) is 29.4 Å². The van der Waals surface area contributed by atoms with Crippen LogP contribution in [0.15, 0.2) is 0 Å². The van der Waals surface area contributed by atoms with E-state index in [1.54, 1.807) is 0 Å². The van der Waals surface area contributed by atoms with Crippen LogP contribution in [0, 0.1) is 0 Å². The van der Waals surface area contributed by atoms with Gasteiger partial charge in [0.05, 0.1) is 21.5 Å². The Kier molecular flexibility index (Phi) is 16.8. The average molecular weight is 333 g/mol. The minimum atomic E-state index is -4.28. The predicted molar refractivity (Wildman–Crippen MR) is 77.0 cm³/mol. The molecule has 0 rings (SSSR count). The number of unbranched alkanes of at least 4 members (excludes halogenated alkanes) is 5. The summed E-state index contributed by atoms with van der Waals surface area (Å²) in [7, 11) is -4.28. The molecule has 0 saturated carbocycles. The molecule has 0 aromatic carbocycles. The summed E-state index contributed by atoms with van der Waals surface area (Å²) < 4.78 is 33.4. The summed E-state index contributed by atoms with van der Waals surface area (Å²) in [4.78, 5) is 0. The zero-order valence-corrected chi connectivity index (χ0v) is 17.2. The molecular weight excluding hydrogens is 303 g/mol. The van der Waals surface area contributed by atoms with Gasteiger partial charge in [-0.25, -0.2) is 8.42 Å². The zero-order valence-electron chi connectivity index (χ0n) is 13.3. The molecule has 1 N–H and O–H groups in total. The van der Waals surface area contributed by atoms with E-state index in [0.29, 0.717) is 12.8 Å². The van der Waals surface area contributed by atoms with Gasteiger partial charge in [-0.3, -0.25) is 0 Å². The maximum Gasteiger partial charge on any atom is 1.00 e. The molecule has 2 atom stereocenters. The largest absolute Gasteiger partial charge is 1.00 e. The molecule has 0 aliphatic carbocycles. The molecule has 0 bridgehead atoms. The van der Waals surface area contributed by atoms with Crippen LogP contribution in [0.4, 0.5) is 0 Å². The van der Waals surface area contributed by atoms with Crippen molar-refractivity contribution in [3.63, 3.8) is 0 Å². The Morgan fingerprint density at radius 2 is 1.50 bits per heavy atom. The number of aliphatic hydroxyl groups is 1. The molecule has 20 heavy (non-hydrogen) atoms. The van der Waals surface area contributed by atoms with Crippen molar-refractivity contribution in [3.8, 4) is 0 Å². The average Bonchev–Trinajstić information content (AvgIpc) is 2.32. The maximum absolute atomic E-state index is 11.1. The fraction of sp³-hybridized carbons (Fsp3) is 1.00. The van der Waals surface area contributed by atoms with Crippen LogP contribution in [0.3, 0.4) is 0 Å². The van der Waals surface area contributed by atoms with Crippen LogP contribution in [0.5, 0.6) is 0 Å². The van der Waals surface area contributed by atoms with Gasteiger partial charge in [-0.15, -0.1) is 0 Å². The second-order valence-corrected chi connectivity index (χ2v) is 7.00. The molecule has 0 aromatic heterocycles. The summed E-state index contributed by atoms with van der Waals surface area (Å²) in [6.45, 7) is 4.10. The van der Waals surface area contributed by atoms with E-state index < -0.39 is 21.5 Å². The van der Waals surface area contributed by atoms with Crippen LogP contribution in [-0.2, 0) is 10.1 Å². The summed E-state index contributed by atoms with van der Waals surface area (Å²) in [5.74, 6) is 0. The fourth-order valence-corrected chi connectivity index (χ4v) is 3.13. The molecule has 0 aliphatic heterocycles. The molecule has 4 nitrogen and oxygen atoms in total. The molecule has 0 aliphatic rings. The van der Waals surface area contributed by atoms with Crippen LogP contribution in [0.2, 0.25) is 0 Å². The van der Waals surface area contributed by atoms with Crippen molar-refractivity contribution in [1.82, 2.24) is 0 Å².